The van der Waals surface area contributed by atoms with Gasteiger partial charge in [-0.3, -0.25) is 5.10 Å². The lowest BCUT2D eigenvalue weighted by Gasteiger charge is -2.18. The first-order valence-electron chi connectivity index (χ1n) is 8.21. The predicted molar refractivity (Wildman–Crippen MR) is 92.4 cm³/mol. The maximum atomic E-state index is 13.0. The molecule has 1 saturated heterocycles. The molecule has 1 aliphatic heterocycles. The van der Waals surface area contributed by atoms with Gasteiger partial charge < -0.3 is 21.1 Å². The Morgan fingerprint density at radius 1 is 1.41 bits per heavy atom. The van der Waals surface area contributed by atoms with Crippen LogP contribution in [0.15, 0.2) is 12.3 Å². The normalized spacial score (nSPS) is 16.7. The van der Waals surface area contributed by atoms with Gasteiger partial charge in [-0.2, -0.15) is 23.3 Å². The first kappa shape index (κ1) is 22.3. The van der Waals surface area contributed by atoms with E-state index in [-0.39, 0.29) is 17.2 Å². The number of carboxylic acids is 1. The number of H-pyrrole nitrogens is 1. The Morgan fingerprint density at radius 2 is 2.07 bits per heavy atom. The number of nitrogens with two attached hydrogens (primary N) is 1. The molecule has 1 aliphatic rings. The smallest absolute Gasteiger partial charge is 0.475 e. The van der Waals surface area contributed by atoms with E-state index in [2.05, 4.69) is 30.4 Å². The lowest BCUT2D eigenvalue weighted by Crippen LogP contribution is -2.30. The third-order valence-corrected chi connectivity index (χ3v) is 4.06. The van der Waals surface area contributed by atoms with Gasteiger partial charge in [0.1, 0.15) is 11.5 Å². The van der Waals surface area contributed by atoms with Crippen molar-refractivity contribution in [1.82, 2.24) is 25.5 Å². The number of rotatable bonds is 4. The number of nitrogens with zero attached hydrogens (tertiary/aromatic N) is 4. The van der Waals surface area contributed by atoms with Crippen LogP contribution in [-0.2, 0) is 4.79 Å². The van der Waals surface area contributed by atoms with Crippen molar-refractivity contribution in [1.29, 1.82) is 0 Å². The first-order valence-corrected chi connectivity index (χ1v) is 8.21. The fourth-order valence-corrected chi connectivity index (χ4v) is 2.62. The summed E-state index contributed by atoms with van der Waals surface area (Å²) in [5, 5.41) is 16.3. The number of aliphatic carboxylic acids is 1. The lowest BCUT2D eigenvalue weighted by atomic mass is 10.1. The molecule has 29 heavy (non-hydrogen) atoms. The standard InChI is InChI=1S/C13H17F2N7.C2HF3O2/c1-17-7-2-3-22(6-7)10-4-9(19-13(16)20-10)8-5-18-21-11(8)12(14)15;3-2(4,5)1(6)7/h4-5,7,12,17H,2-3,6H2,1H3,(H,18,21)(H2,16,19,20);(H,6,7)/t7-;/m1./s1. The molecule has 2 aromatic heterocycles. The summed E-state index contributed by atoms with van der Waals surface area (Å²) in [4.78, 5) is 19.2. The van der Waals surface area contributed by atoms with E-state index in [0.29, 0.717) is 17.6 Å². The second-order valence-electron chi connectivity index (χ2n) is 5.99. The van der Waals surface area contributed by atoms with Gasteiger partial charge in [0.25, 0.3) is 6.43 Å². The van der Waals surface area contributed by atoms with Gasteiger partial charge >= 0.3 is 12.1 Å². The van der Waals surface area contributed by atoms with Crippen LogP contribution >= 0.6 is 0 Å². The molecule has 160 valence electrons. The maximum Gasteiger partial charge on any atom is 0.490 e. The molecule has 0 unspecified atom stereocenters. The van der Waals surface area contributed by atoms with Crippen molar-refractivity contribution in [2.24, 2.45) is 0 Å². The first-order chi connectivity index (χ1) is 13.5. The molecule has 0 bridgehead atoms. The molecule has 0 amide bonds. The molecule has 5 N–H and O–H groups in total. The highest BCUT2D eigenvalue weighted by Crippen LogP contribution is 2.30. The van der Waals surface area contributed by atoms with Crippen LogP contribution in [0, 0.1) is 0 Å². The number of aromatic nitrogens is 4. The van der Waals surface area contributed by atoms with Crippen LogP contribution in [0.5, 0.6) is 0 Å². The molecule has 14 heteroatoms. The van der Waals surface area contributed by atoms with Crippen molar-refractivity contribution in [2.45, 2.75) is 25.1 Å². The Morgan fingerprint density at radius 3 is 2.59 bits per heavy atom. The Bertz CT molecular complexity index is 843. The summed E-state index contributed by atoms with van der Waals surface area (Å²) < 4.78 is 57.7. The number of nitrogen functional groups attached to an aromatic ring is 1. The zero-order chi connectivity index (χ0) is 21.8. The average Bonchev–Trinajstić information content (AvgIpc) is 3.30. The van der Waals surface area contributed by atoms with Crippen LogP contribution in [0.4, 0.5) is 33.7 Å². The minimum Gasteiger partial charge on any atom is -0.475 e. The molecule has 2 aromatic rings. The van der Waals surface area contributed by atoms with Gasteiger partial charge in [0.2, 0.25) is 5.95 Å². The van der Waals surface area contributed by atoms with E-state index in [1.165, 1.54) is 6.20 Å². The molecule has 0 aromatic carbocycles. The van der Waals surface area contributed by atoms with Crippen molar-refractivity contribution in [3.63, 3.8) is 0 Å². The highest BCUT2D eigenvalue weighted by Gasteiger charge is 2.38. The van der Waals surface area contributed by atoms with Crippen LogP contribution < -0.4 is 16.0 Å². The summed E-state index contributed by atoms with van der Waals surface area (Å²) >= 11 is 0. The van der Waals surface area contributed by atoms with Crippen LogP contribution in [0.1, 0.15) is 18.5 Å². The zero-order valence-corrected chi connectivity index (χ0v) is 15.0. The average molecular weight is 423 g/mol. The Kier molecular flexibility index (Phi) is 6.89. The summed E-state index contributed by atoms with van der Waals surface area (Å²) in [6.45, 7) is 1.62. The molecule has 0 radical (unpaired) electrons. The molecule has 3 rings (SSSR count). The molecule has 0 saturated carbocycles. The van der Waals surface area contributed by atoms with Crippen LogP contribution in [0.2, 0.25) is 0 Å². The summed E-state index contributed by atoms with van der Waals surface area (Å²) in [5.41, 5.74) is 6.07. The van der Waals surface area contributed by atoms with E-state index in [0.717, 1.165) is 19.5 Å². The van der Waals surface area contributed by atoms with Gasteiger partial charge in [-0.1, -0.05) is 0 Å². The number of nitrogens with one attached hydrogen (secondary N) is 2. The van der Waals surface area contributed by atoms with Gasteiger partial charge in [-0.15, -0.1) is 0 Å². The topological polar surface area (TPSA) is 133 Å². The lowest BCUT2D eigenvalue weighted by molar-refractivity contribution is -0.192. The third-order valence-electron chi connectivity index (χ3n) is 4.06. The van der Waals surface area contributed by atoms with Crippen molar-refractivity contribution in [3.8, 4) is 11.3 Å². The van der Waals surface area contributed by atoms with Crippen LogP contribution in [0.3, 0.4) is 0 Å². The largest absolute Gasteiger partial charge is 0.490 e. The molecule has 1 fully saturated rings. The van der Waals surface area contributed by atoms with E-state index in [4.69, 9.17) is 15.6 Å². The molecule has 0 aliphatic carbocycles. The summed E-state index contributed by atoms with van der Waals surface area (Å²) in [5.74, 6) is -2.06. The highest BCUT2D eigenvalue weighted by atomic mass is 19.4. The van der Waals surface area contributed by atoms with E-state index < -0.39 is 18.6 Å². The number of anilines is 2. The second-order valence-corrected chi connectivity index (χ2v) is 5.99. The van der Waals surface area contributed by atoms with Crippen molar-refractivity contribution in [3.05, 3.63) is 18.0 Å². The Hall–Kier alpha value is -3.03. The predicted octanol–water partition coefficient (Wildman–Crippen LogP) is 1.82. The fourth-order valence-electron chi connectivity index (χ4n) is 2.62. The molecule has 9 nitrogen and oxygen atoms in total. The number of alkyl halides is 5. The van der Waals surface area contributed by atoms with Crippen LogP contribution in [0.25, 0.3) is 11.3 Å². The van der Waals surface area contributed by atoms with Gasteiger partial charge in [0, 0.05) is 30.8 Å². The van der Waals surface area contributed by atoms with Gasteiger partial charge in [-0.05, 0) is 13.5 Å². The van der Waals surface area contributed by atoms with Crippen molar-refractivity contribution in [2.75, 3.05) is 30.8 Å². The molecule has 1 atom stereocenters. The Labute approximate surface area is 161 Å². The van der Waals surface area contributed by atoms with Gasteiger partial charge in [0.15, 0.2) is 0 Å². The molecular weight excluding hydrogens is 405 g/mol. The molecular formula is C15H18F5N7O2. The quantitative estimate of drug-likeness (QED) is 0.548. The number of hydrogen-bond acceptors (Lipinski definition) is 7. The zero-order valence-electron chi connectivity index (χ0n) is 15.0. The molecule has 3 heterocycles. The number of halogens is 5. The van der Waals surface area contributed by atoms with Crippen molar-refractivity contribution >= 4 is 17.7 Å². The maximum absolute atomic E-state index is 13.0. The summed E-state index contributed by atoms with van der Waals surface area (Å²) in [6, 6.07) is 2.05. The number of carbonyl (C=O) groups is 1. The summed E-state index contributed by atoms with van der Waals surface area (Å²) in [7, 11) is 1.91. The number of carboxylic acid groups (broad SMARTS) is 1. The Balaban J connectivity index is 0.000000370. The van der Waals surface area contributed by atoms with E-state index in [1.54, 1.807) is 6.07 Å². The highest BCUT2D eigenvalue weighted by molar-refractivity contribution is 5.73. The molecule has 0 spiro atoms. The van der Waals surface area contributed by atoms with Crippen LogP contribution in [-0.4, -0.2) is 63.6 Å². The second kappa shape index (κ2) is 8.98. The van der Waals surface area contributed by atoms with Gasteiger partial charge in [0.05, 0.1) is 11.9 Å². The monoisotopic (exact) mass is 423 g/mol. The third kappa shape index (κ3) is 5.73. The minimum absolute atomic E-state index is 0.0572. The summed E-state index contributed by atoms with van der Waals surface area (Å²) in [6.07, 6.45) is -5.42. The van der Waals surface area contributed by atoms with E-state index in [9.17, 15) is 22.0 Å². The SMILES string of the molecule is CN[C@@H]1CCN(c2cc(-c3cn[nH]c3C(F)F)nc(N)n2)C1.O=C(O)C(F)(F)F. The van der Waals surface area contributed by atoms with E-state index in [1.807, 2.05) is 7.05 Å². The van der Waals surface area contributed by atoms with Gasteiger partial charge in [-0.25, -0.2) is 18.6 Å². The van der Waals surface area contributed by atoms with E-state index >= 15 is 0 Å². The number of aromatic amines is 1. The number of likely N-dealkylation sites (N-methyl/N-ethyl adjacent to an activating group) is 1. The minimum atomic E-state index is -5.08. The van der Waals surface area contributed by atoms with Crippen molar-refractivity contribution < 1.29 is 31.9 Å². The number of hydrogen-bond donors (Lipinski definition) is 4. The fraction of sp³-hybridized carbons (Fsp3) is 0.467.